The van der Waals surface area contributed by atoms with Gasteiger partial charge in [-0.1, -0.05) is 18.2 Å². The molecular formula is C17H22N2O3. The molecule has 2 amide bonds. The number of carbonyl (C=O) groups excluding carboxylic acids is 2. The fourth-order valence-corrected chi connectivity index (χ4v) is 3.37. The quantitative estimate of drug-likeness (QED) is 0.919. The molecule has 2 aliphatic rings. The van der Waals surface area contributed by atoms with Gasteiger partial charge in [-0.2, -0.15) is 0 Å². The molecule has 0 radical (unpaired) electrons. The predicted molar refractivity (Wildman–Crippen MR) is 82.4 cm³/mol. The van der Waals surface area contributed by atoms with Crippen molar-refractivity contribution < 1.29 is 14.3 Å². The number of rotatable bonds is 3. The van der Waals surface area contributed by atoms with Gasteiger partial charge < -0.3 is 15.0 Å². The van der Waals surface area contributed by atoms with Crippen molar-refractivity contribution >= 4 is 11.8 Å². The number of hydrogen-bond acceptors (Lipinski definition) is 3. The van der Waals surface area contributed by atoms with Crippen molar-refractivity contribution in [2.75, 3.05) is 13.2 Å². The topological polar surface area (TPSA) is 58.6 Å². The Labute approximate surface area is 130 Å². The van der Waals surface area contributed by atoms with Crippen LogP contribution in [0.1, 0.15) is 30.6 Å². The van der Waals surface area contributed by atoms with Gasteiger partial charge in [-0.3, -0.25) is 9.59 Å². The van der Waals surface area contributed by atoms with Gasteiger partial charge in [0.2, 0.25) is 5.91 Å². The molecule has 5 heteroatoms. The first-order chi connectivity index (χ1) is 10.6. The standard InChI is InChI=1S/C17H22N2O3/c1-11(2)18-16(20)13-10-19(14-8-9-22-15(13)14)17(21)12-6-4-3-5-7-12/h3-7,11,13-15H,8-10H2,1-2H3,(H,18,20)/t13-,14+,15+/m1/s1. The molecule has 1 N–H and O–H groups in total. The lowest BCUT2D eigenvalue weighted by Crippen LogP contribution is -2.41. The summed E-state index contributed by atoms with van der Waals surface area (Å²) in [6.07, 6.45) is 0.626. The molecule has 2 fully saturated rings. The first kappa shape index (κ1) is 15.0. The first-order valence-electron chi connectivity index (χ1n) is 7.86. The van der Waals surface area contributed by atoms with Crippen LogP contribution in [0.15, 0.2) is 30.3 Å². The molecule has 1 aromatic carbocycles. The van der Waals surface area contributed by atoms with E-state index in [-0.39, 0.29) is 35.9 Å². The minimum Gasteiger partial charge on any atom is -0.375 e. The van der Waals surface area contributed by atoms with E-state index in [9.17, 15) is 9.59 Å². The van der Waals surface area contributed by atoms with Gasteiger partial charge in [0.05, 0.1) is 18.1 Å². The fourth-order valence-electron chi connectivity index (χ4n) is 3.37. The second-order valence-electron chi connectivity index (χ2n) is 6.28. The van der Waals surface area contributed by atoms with Crippen molar-refractivity contribution in [1.29, 1.82) is 0 Å². The Morgan fingerprint density at radius 1 is 1.27 bits per heavy atom. The van der Waals surface area contributed by atoms with E-state index >= 15 is 0 Å². The number of benzene rings is 1. The summed E-state index contributed by atoms with van der Waals surface area (Å²) in [6, 6.07) is 9.33. The molecule has 0 bridgehead atoms. The van der Waals surface area contributed by atoms with Crippen LogP contribution in [0.5, 0.6) is 0 Å². The predicted octanol–water partition coefficient (Wildman–Crippen LogP) is 1.44. The van der Waals surface area contributed by atoms with Crippen molar-refractivity contribution in [3.63, 3.8) is 0 Å². The van der Waals surface area contributed by atoms with Crippen LogP contribution in [-0.4, -0.2) is 48.1 Å². The Morgan fingerprint density at radius 3 is 2.68 bits per heavy atom. The molecule has 2 heterocycles. The smallest absolute Gasteiger partial charge is 0.254 e. The van der Waals surface area contributed by atoms with Gasteiger partial charge in [-0.05, 0) is 32.4 Å². The molecular weight excluding hydrogens is 280 g/mol. The van der Waals surface area contributed by atoms with E-state index in [2.05, 4.69) is 5.32 Å². The minimum absolute atomic E-state index is 0.00983. The summed E-state index contributed by atoms with van der Waals surface area (Å²) in [4.78, 5) is 26.9. The van der Waals surface area contributed by atoms with Gasteiger partial charge in [0, 0.05) is 24.8 Å². The van der Waals surface area contributed by atoms with Gasteiger partial charge in [-0.15, -0.1) is 0 Å². The van der Waals surface area contributed by atoms with Gasteiger partial charge in [0.1, 0.15) is 0 Å². The highest BCUT2D eigenvalue weighted by Crippen LogP contribution is 2.34. The highest BCUT2D eigenvalue weighted by Gasteiger charge is 2.50. The number of carbonyl (C=O) groups is 2. The molecule has 3 atom stereocenters. The summed E-state index contributed by atoms with van der Waals surface area (Å²) in [5.41, 5.74) is 0.665. The summed E-state index contributed by atoms with van der Waals surface area (Å²) < 4.78 is 5.75. The normalized spacial score (nSPS) is 27.0. The van der Waals surface area contributed by atoms with Crippen LogP contribution in [0.3, 0.4) is 0 Å². The molecule has 5 nitrogen and oxygen atoms in total. The molecule has 0 aliphatic carbocycles. The van der Waals surface area contributed by atoms with Gasteiger partial charge in [0.25, 0.3) is 5.91 Å². The average molecular weight is 302 g/mol. The highest BCUT2D eigenvalue weighted by atomic mass is 16.5. The monoisotopic (exact) mass is 302 g/mol. The molecule has 118 valence electrons. The zero-order chi connectivity index (χ0) is 15.7. The van der Waals surface area contributed by atoms with Crippen LogP contribution in [0.2, 0.25) is 0 Å². The van der Waals surface area contributed by atoms with Gasteiger partial charge in [-0.25, -0.2) is 0 Å². The molecule has 0 saturated carbocycles. The number of ether oxygens (including phenoxy) is 1. The summed E-state index contributed by atoms with van der Waals surface area (Å²) in [6.45, 7) is 4.92. The minimum atomic E-state index is -0.275. The van der Waals surface area contributed by atoms with Crippen molar-refractivity contribution in [3.8, 4) is 0 Å². The van der Waals surface area contributed by atoms with Crippen molar-refractivity contribution in [1.82, 2.24) is 10.2 Å². The molecule has 3 rings (SSSR count). The van der Waals surface area contributed by atoms with E-state index in [1.165, 1.54) is 0 Å². The third kappa shape index (κ3) is 2.73. The summed E-state index contributed by atoms with van der Waals surface area (Å²) in [5, 5.41) is 2.94. The molecule has 22 heavy (non-hydrogen) atoms. The average Bonchev–Trinajstić information content (AvgIpc) is 3.08. The van der Waals surface area contributed by atoms with Crippen LogP contribution < -0.4 is 5.32 Å². The number of nitrogens with zero attached hydrogens (tertiary/aromatic N) is 1. The maximum atomic E-state index is 12.7. The molecule has 0 aromatic heterocycles. The lowest BCUT2D eigenvalue weighted by atomic mass is 10.0. The Hall–Kier alpha value is -1.88. The van der Waals surface area contributed by atoms with E-state index in [4.69, 9.17) is 4.74 Å². The maximum Gasteiger partial charge on any atom is 0.254 e. The third-order valence-electron chi connectivity index (χ3n) is 4.34. The van der Waals surface area contributed by atoms with Crippen molar-refractivity contribution in [2.24, 2.45) is 5.92 Å². The fraction of sp³-hybridized carbons (Fsp3) is 0.529. The Bertz CT molecular complexity index is 558. The highest BCUT2D eigenvalue weighted by molar-refractivity contribution is 5.95. The number of amides is 2. The maximum absolute atomic E-state index is 12.7. The van der Waals surface area contributed by atoms with Crippen LogP contribution in [0, 0.1) is 5.92 Å². The Morgan fingerprint density at radius 2 is 2.00 bits per heavy atom. The van der Waals surface area contributed by atoms with E-state index in [0.717, 1.165) is 6.42 Å². The number of fused-ring (bicyclic) bond motifs is 1. The SMILES string of the molecule is CC(C)NC(=O)[C@@H]1CN(C(=O)c2ccccc2)[C@H]2CCO[C@@H]12. The van der Waals surface area contributed by atoms with E-state index in [1.807, 2.05) is 49.1 Å². The summed E-state index contributed by atoms with van der Waals surface area (Å²) >= 11 is 0. The van der Waals surface area contributed by atoms with Crippen LogP contribution in [0.25, 0.3) is 0 Å². The Balaban J connectivity index is 1.79. The molecule has 1 aromatic rings. The third-order valence-corrected chi connectivity index (χ3v) is 4.34. The Kier molecular flexibility index (Phi) is 4.16. The van der Waals surface area contributed by atoms with E-state index in [0.29, 0.717) is 18.7 Å². The molecule has 0 unspecified atom stereocenters. The molecule has 0 spiro atoms. The number of hydrogen-bond donors (Lipinski definition) is 1. The lowest BCUT2D eigenvalue weighted by molar-refractivity contribution is -0.128. The van der Waals surface area contributed by atoms with Crippen LogP contribution in [-0.2, 0) is 9.53 Å². The van der Waals surface area contributed by atoms with E-state index in [1.54, 1.807) is 0 Å². The largest absolute Gasteiger partial charge is 0.375 e. The second-order valence-corrected chi connectivity index (χ2v) is 6.28. The summed E-state index contributed by atoms with van der Waals surface area (Å²) in [5.74, 6) is -0.307. The molecule has 2 aliphatic heterocycles. The van der Waals surface area contributed by atoms with Gasteiger partial charge in [0.15, 0.2) is 0 Å². The first-order valence-corrected chi connectivity index (χ1v) is 7.86. The summed E-state index contributed by atoms with van der Waals surface area (Å²) in [7, 11) is 0. The lowest BCUT2D eigenvalue weighted by Gasteiger charge is -2.22. The number of nitrogens with one attached hydrogen (secondary N) is 1. The van der Waals surface area contributed by atoms with E-state index < -0.39 is 0 Å². The second kappa shape index (κ2) is 6.08. The van der Waals surface area contributed by atoms with Crippen molar-refractivity contribution in [3.05, 3.63) is 35.9 Å². The van der Waals surface area contributed by atoms with Crippen molar-refractivity contribution in [2.45, 2.75) is 38.5 Å². The number of likely N-dealkylation sites (tertiary alicyclic amines) is 1. The molecule has 2 saturated heterocycles. The zero-order valence-electron chi connectivity index (χ0n) is 13.0. The van der Waals surface area contributed by atoms with Gasteiger partial charge >= 0.3 is 0 Å². The van der Waals surface area contributed by atoms with Crippen LogP contribution in [0.4, 0.5) is 0 Å². The zero-order valence-corrected chi connectivity index (χ0v) is 13.0. The van der Waals surface area contributed by atoms with Crippen LogP contribution >= 0.6 is 0 Å².